The van der Waals surface area contributed by atoms with Crippen molar-refractivity contribution < 1.29 is 17.4 Å². The van der Waals surface area contributed by atoms with Crippen LogP contribution in [0.25, 0.3) is 0 Å². The topological polar surface area (TPSA) is 65.0 Å². The molecular weight excluding hydrogens is 242 g/mol. The van der Waals surface area contributed by atoms with Crippen LogP contribution in [0.3, 0.4) is 0 Å². The number of ether oxygens (including phenoxy) is 1. The summed E-state index contributed by atoms with van der Waals surface area (Å²) in [5.74, 6) is 0. The van der Waals surface area contributed by atoms with Crippen molar-refractivity contribution in [1.82, 2.24) is 0 Å². The molecule has 0 saturated carbocycles. The van der Waals surface area contributed by atoms with E-state index in [1.54, 1.807) is 0 Å². The van der Waals surface area contributed by atoms with Gasteiger partial charge in [-0.1, -0.05) is 23.7 Å². The van der Waals surface area contributed by atoms with Gasteiger partial charge in [0, 0.05) is 18.6 Å². The van der Waals surface area contributed by atoms with Gasteiger partial charge in [0.05, 0.1) is 6.26 Å². The SMILES string of the molecule is CC1(C(Cl)=NOS(C)(=O)=O)CCOCC1. The van der Waals surface area contributed by atoms with E-state index in [1.807, 2.05) is 6.92 Å². The smallest absolute Gasteiger partial charge is 0.325 e. The molecule has 1 fully saturated rings. The Balaban J connectivity index is 2.69. The molecular formula is C8H14ClNO4S. The largest absolute Gasteiger partial charge is 0.381 e. The maximum absolute atomic E-state index is 10.7. The maximum Gasteiger partial charge on any atom is 0.325 e. The van der Waals surface area contributed by atoms with Gasteiger partial charge in [0.15, 0.2) is 5.17 Å². The number of oxime groups is 1. The summed E-state index contributed by atoms with van der Waals surface area (Å²) in [4.78, 5) is 0. The summed E-state index contributed by atoms with van der Waals surface area (Å²) in [6, 6.07) is 0. The molecule has 0 amide bonds. The normalized spacial score (nSPS) is 22.5. The van der Waals surface area contributed by atoms with Gasteiger partial charge in [-0.25, -0.2) is 0 Å². The molecule has 0 N–H and O–H groups in total. The molecule has 0 spiro atoms. The van der Waals surface area contributed by atoms with Gasteiger partial charge in [-0.15, -0.1) is 0 Å². The Morgan fingerprint density at radius 3 is 2.47 bits per heavy atom. The van der Waals surface area contributed by atoms with Crippen LogP contribution in [-0.4, -0.2) is 33.1 Å². The third kappa shape index (κ3) is 3.96. The van der Waals surface area contributed by atoms with Crippen LogP contribution in [0.5, 0.6) is 0 Å². The van der Waals surface area contributed by atoms with Crippen LogP contribution in [-0.2, 0) is 19.1 Å². The van der Waals surface area contributed by atoms with E-state index in [1.165, 1.54) is 0 Å². The highest BCUT2D eigenvalue weighted by Gasteiger charge is 2.33. The van der Waals surface area contributed by atoms with Gasteiger partial charge >= 0.3 is 10.1 Å². The van der Waals surface area contributed by atoms with Gasteiger partial charge in [-0.3, -0.25) is 4.28 Å². The Bertz CT molecular complexity index is 346. The lowest BCUT2D eigenvalue weighted by molar-refractivity contribution is 0.0526. The van der Waals surface area contributed by atoms with E-state index in [0.29, 0.717) is 26.1 Å². The van der Waals surface area contributed by atoms with Gasteiger partial charge in [-0.2, -0.15) is 8.42 Å². The third-order valence-electron chi connectivity index (χ3n) is 2.35. The first-order valence-corrected chi connectivity index (χ1v) is 6.73. The Morgan fingerprint density at radius 2 is 2.00 bits per heavy atom. The lowest BCUT2D eigenvalue weighted by atomic mass is 9.84. The highest BCUT2D eigenvalue weighted by Crippen LogP contribution is 2.33. The van der Waals surface area contributed by atoms with Crippen molar-refractivity contribution in [2.24, 2.45) is 10.6 Å². The maximum atomic E-state index is 10.7. The average Bonchev–Trinajstić information content (AvgIpc) is 2.14. The van der Waals surface area contributed by atoms with Crippen molar-refractivity contribution >= 4 is 26.9 Å². The molecule has 1 heterocycles. The van der Waals surface area contributed by atoms with Gasteiger partial charge in [0.2, 0.25) is 0 Å². The zero-order valence-corrected chi connectivity index (χ0v) is 10.3. The van der Waals surface area contributed by atoms with Crippen LogP contribution in [0.4, 0.5) is 0 Å². The van der Waals surface area contributed by atoms with Gasteiger partial charge in [-0.05, 0) is 12.8 Å². The predicted octanol–water partition coefficient (Wildman–Crippen LogP) is 1.33. The summed E-state index contributed by atoms with van der Waals surface area (Å²) in [7, 11) is -3.59. The van der Waals surface area contributed by atoms with Gasteiger partial charge < -0.3 is 4.74 Å². The number of hydrogen-bond donors (Lipinski definition) is 0. The molecule has 15 heavy (non-hydrogen) atoms. The average molecular weight is 256 g/mol. The van der Waals surface area contributed by atoms with Crippen molar-refractivity contribution in [3.8, 4) is 0 Å². The molecule has 0 atom stereocenters. The summed E-state index contributed by atoms with van der Waals surface area (Å²) in [6.07, 6.45) is 2.35. The molecule has 1 saturated heterocycles. The highest BCUT2D eigenvalue weighted by atomic mass is 35.5. The summed E-state index contributed by atoms with van der Waals surface area (Å²) >= 11 is 5.91. The van der Waals surface area contributed by atoms with E-state index in [9.17, 15) is 8.42 Å². The molecule has 0 bridgehead atoms. The molecule has 0 radical (unpaired) electrons. The molecule has 0 aliphatic carbocycles. The fourth-order valence-corrected chi connectivity index (χ4v) is 1.71. The van der Waals surface area contributed by atoms with Crippen LogP contribution in [0.2, 0.25) is 0 Å². The minimum atomic E-state index is -3.59. The summed E-state index contributed by atoms with van der Waals surface area (Å²) in [6.45, 7) is 3.11. The molecule has 5 nitrogen and oxygen atoms in total. The third-order valence-corrected chi connectivity index (χ3v) is 3.22. The van der Waals surface area contributed by atoms with Gasteiger partial charge in [0.25, 0.3) is 0 Å². The van der Waals surface area contributed by atoms with Crippen LogP contribution in [0.15, 0.2) is 5.16 Å². The van der Waals surface area contributed by atoms with Crippen molar-refractivity contribution in [2.75, 3.05) is 19.5 Å². The Kier molecular flexibility index (Phi) is 3.97. The fraction of sp³-hybridized carbons (Fsp3) is 0.875. The molecule has 1 aliphatic rings. The van der Waals surface area contributed by atoms with Crippen molar-refractivity contribution in [2.45, 2.75) is 19.8 Å². The zero-order valence-electron chi connectivity index (χ0n) is 8.69. The summed E-state index contributed by atoms with van der Waals surface area (Å²) < 4.78 is 30.9. The second-order valence-electron chi connectivity index (χ2n) is 3.83. The van der Waals surface area contributed by atoms with E-state index in [0.717, 1.165) is 6.26 Å². The number of nitrogens with zero attached hydrogens (tertiary/aromatic N) is 1. The molecule has 0 unspecified atom stereocenters. The van der Waals surface area contributed by atoms with Crippen molar-refractivity contribution in [3.05, 3.63) is 0 Å². The molecule has 1 aliphatic heterocycles. The van der Waals surface area contributed by atoms with E-state index in [-0.39, 0.29) is 10.6 Å². The summed E-state index contributed by atoms with van der Waals surface area (Å²) in [5.41, 5.74) is -0.343. The van der Waals surface area contributed by atoms with E-state index < -0.39 is 10.1 Å². The minimum Gasteiger partial charge on any atom is -0.381 e. The fourth-order valence-electron chi connectivity index (χ4n) is 1.24. The molecule has 0 aromatic heterocycles. The zero-order chi connectivity index (χ0) is 11.5. The minimum absolute atomic E-state index is 0.177. The monoisotopic (exact) mass is 255 g/mol. The van der Waals surface area contributed by atoms with E-state index >= 15 is 0 Å². The van der Waals surface area contributed by atoms with Crippen LogP contribution in [0.1, 0.15) is 19.8 Å². The van der Waals surface area contributed by atoms with Crippen molar-refractivity contribution in [1.29, 1.82) is 0 Å². The first-order chi connectivity index (χ1) is 6.83. The van der Waals surface area contributed by atoms with Crippen LogP contribution in [0, 0.1) is 5.41 Å². The number of hydrogen-bond acceptors (Lipinski definition) is 5. The standard InChI is InChI=1S/C8H14ClNO4S/c1-8(3-5-13-6-4-8)7(9)10-14-15(2,11)12/h3-6H2,1-2H3. The molecule has 0 aromatic rings. The van der Waals surface area contributed by atoms with E-state index in [4.69, 9.17) is 16.3 Å². The molecule has 88 valence electrons. The first-order valence-electron chi connectivity index (χ1n) is 4.54. The lowest BCUT2D eigenvalue weighted by Gasteiger charge is -2.31. The predicted molar refractivity (Wildman–Crippen MR) is 57.4 cm³/mol. The number of halogens is 1. The van der Waals surface area contributed by atoms with Crippen LogP contribution < -0.4 is 0 Å². The van der Waals surface area contributed by atoms with Crippen molar-refractivity contribution in [3.63, 3.8) is 0 Å². The highest BCUT2D eigenvalue weighted by molar-refractivity contribution is 7.85. The lowest BCUT2D eigenvalue weighted by Crippen LogP contribution is -2.32. The number of rotatable bonds is 3. The Morgan fingerprint density at radius 1 is 1.47 bits per heavy atom. The van der Waals surface area contributed by atoms with Crippen LogP contribution >= 0.6 is 11.6 Å². The molecule has 0 aromatic carbocycles. The Labute approximate surface area is 94.5 Å². The van der Waals surface area contributed by atoms with Gasteiger partial charge in [0.1, 0.15) is 0 Å². The molecule has 1 rings (SSSR count). The second-order valence-corrected chi connectivity index (χ2v) is 5.75. The van der Waals surface area contributed by atoms with E-state index in [2.05, 4.69) is 9.44 Å². The Hall–Kier alpha value is -0.330. The summed E-state index contributed by atoms with van der Waals surface area (Å²) in [5, 5.41) is 3.61. The second kappa shape index (κ2) is 4.67. The quantitative estimate of drug-likeness (QED) is 0.564. The molecule has 7 heteroatoms. The first kappa shape index (κ1) is 12.7.